The van der Waals surface area contributed by atoms with Crippen molar-refractivity contribution in [3.05, 3.63) is 82.9 Å². The minimum Gasteiger partial charge on any atom is -0.354 e. The van der Waals surface area contributed by atoms with Gasteiger partial charge in [0, 0.05) is 16.6 Å². The Morgan fingerprint density at radius 3 is 2.11 bits per heavy atom. The smallest absolute Gasteiger partial charge is 0.242 e. The maximum Gasteiger partial charge on any atom is 0.242 e. The van der Waals surface area contributed by atoms with Gasteiger partial charge in [0.25, 0.3) is 0 Å². The van der Waals surface area contributed by atoms with Gasteiger partial charge < -0.3 is 10.2 Å². The molecule has 1 aliphatic rings. The van der Waals surface area contributed by atoms with E-state index in [0.717, 1.165) is 23.4 Å². The Morgan fingerprint density at radius 2 is 1.66 bits per heavy atom. The molecule has 6 heteroatoms. The molecular weight excluding hydrogens is 515 g/mol. The number of carbonyl (C=O) groups is 2. The number of nitrogens with one attached hydrogen (secondary N) is 1. The van der Waals surface area contributed by atoms with Crippen LogP contribution >= 0.6 is 23.2 Å². The summed E-state index contributed by atoms with van der Waals surface area (Å²) in [5.41, 5.74) is 0.473. The molecule has 3 atom stereocenters. The molecule has 3 rings (SSSR count). The van der Waals surface area contributed by atoms with Crippen molar-refractivity contribution >= 4 is 35.0 Å². The number of piperidine rings is 1. The van der Waals surface area contributed by atoms with Crippen LogP contribution in [0.1, 0.15) is 85.8 Å². The van der Waals surface area contributed by atoms with Gasteiger partial charge in [0.1, 0.15) is 6.04 Å². The van der Waals surface area contributed by atoms with Crippen LogP contribution in [0.2, 0.25) is 10.0 Å². The third kappa shape index (κ3) is 10.1. The first-order valence-electron chi connectivity index (χ1n) is 13.6. The van der Waals surface area contributed by atoms with Gasteiger partial charge in [0.2, 0.25) is 11.8 Å². The minimum atomic E-state index is -0.525. The van der Waals surface area contributed by atoms with Gasteiger partial charge in [-0.15, -0.1) is 6.58 Å². The molecular formula is C32H46Cl2N2O2. The van der Waals surface area contributed by atoms with Gasteiger partial charge in [-0.3, -0.25) is 9.59 Å². The SMILES string of the molecule is C=CC[C@@]1(C)CCC(c2ccc(Cl)cc2)N(C(CC)C(=O)NCC(C)(C)C)C1=O.CC.Clc1ccccc1. The summed E-state index contributed by atoms with van der Waals surface area (Å²) in [6, 6.07) is 16.4. The standard InChI is InChI=1S/C24H35ClN2O2.C6H5Cl.C2H6/c1-7-14-24(6)15-13-20(17-9-11-18(25)12-10-17)27(22(24)29)19(8-2)21(28)26-16-23(3,4)5;7-6-4-2-1-3-5-6;1-2/h7,9-12,19-20H,1,8,13-16H2,2-6H3,(H,26,28);1-5H;1-2H3/t19?,20?,24-;;/m0../s1. The van der Waals surface area contributed by atoms with Crippen molar-refractivity contribution in [2.45, 2.75) is 86.2 Å². The van der Waals surface area contributed by atoms with E-state index in [2.05, 4.69) is 32.7 Å². The van der Waals surface area contributed by atoms with Gasteiger partial charge in [-0.05, 0) is 60.9 Å². The van der Waals surface area contributed by atoms with Gasteiger partial charge in [-0.2, -0.15) is 0 Å². The Morgan fingerprint density at radius 1 is 1.11 bits per heavy atom. The highest BCUT2D eigenvalue weighted by Gasteiger charge is 2.47. The molecule has 0 aromatic heterocycles. The molecule has 0 bridgehead atoms. The van der Waals surface area contributed by atoms with Crippen LogP contribution in [-0.2, 0) is 9.59 Å². The second kappa shape index (κ2) is 16.0. The van der Waals surface area contributed by atoms with Crippen LogP contribution in [0.4, 0.5) is 0 Å². The molecule has 2 unspecified atom stereocenters. The second-order valence-corrected chi connectivity index (χ2v) is 11.7. The van der Waals surface area contributed by atoms with Crippen LogP contribution < -0.4 is 5.32 Å². The fourth-order valence-electron chi connectivity index (χ4n) is 4.43. The lowest BCUT2D eigenvalue weighted by Crippen LogP contribution is -2.57. The van der Waals surface area contributed by atoms with Crippen molar-refractivity contribution in [1.82, 2.24) is 10.2 Å². The minimum absolute atomic E-state index is 0.0210. The van der Waals surface area contributed by atoms with Crippen LogP contribution in [0.5, 0.6) is 0 Å². The lowest BCUT2D eigenvalue weighted by atomic mass is 9.74. The Hall–Kier alpha value is -2.30. The molecule has 1 saturated heterocycles. The normalized spacial score (nSPS) is 19.8. The molecule has 0 saturated carbocycles. The zero-order valence-corrected chi connectivity index (χ0v) is 25.7. The number of carbonyl (C=O) groups excluding carboxylic acids is 2. The predicted octanol–water partition coefficient (Wildman–Crippen LogP) is 8.89. The number of likely N-dealkylation sites (tertiary alicyclic amines) is 1. The molecule has 1 heterocycles. The van der Waals surface area contributed by atoms with E-state index in [1.807, 2.05) is 87.2 Å². The number of halogens is 2. The maximum atomic E-state index is 13.7. The van der Waals surface area contributed by atoms with E-state index in [0.29, 0.717) is 24.4 Å². The average molecular weight is 562 g/mol. The first-order chi connectivity index (χ1) is 17.9. The van der Waals surface area contributed by atoms with Crippen molar-refractivity contribution < 1.29 is 9.59 Å². The number of hydrogen-bond acceptors (Lipinski definition) is 2. The molecule has 0 aliphatic carbocycles. The van der Waals surface area contributed by atoms with Crippen LogP contribution in [0.15, 0.2) is 67.3 Å². The van der Waals surface area contributed by atoms with Crippen LogP contribution in [0.3, 0.4) is 0 Å². The Bertz CT molecular complexity index is 1000. The first-order valence-corrected chi connectivity index (χ1v) is 14.3. The van der Waals surface area contributed by atoms with E-state index in [4.69, 9.17) is 23.2 Å². The van der Waals surface area contributed by atoms with Crippen molar-refractivity contribution in [2.24, 2.45) is 10.8 Å². The summed E-state index contributed by atoms with van der Waals surface area (Å²) in [7, 11) is 0. The number of hydrogen-bond donors (Lipinski definition) is 1. The summed E-state index contributed by atoms with van der Waals surface area (Å²) >= 11 is 11.6. The van der Waals surface area contributed by atoms with Crippen LogP contribution in [-0.4, -0.2) is 29.3 Å². The predicted molar refractivity (Wildman–Crippen MR) is 163 cm³/mol. The lowest BCUT2D eigenvalue weighted by Gasteiger charge is -2.47. The number of allylic oxidation sites excluding steroid dienone is 1. The van der Waals surface area contributed by atoms with Crippen LogP contribution in [0.25, 0.3) is 0 Å². The number of nitrogens with zero attached hydrogens (tertiary/aromatic N) is 1. The molecule has 1 aliphatic heterocycles. The Labute approximate surface area is 240 Å². The molecule has 2 aromatic carbocycles. The fraction of sp³-hybridized carbons (Fsp3) is 0.500. The number of rotatable bonds is 7. The molecule has 0 spiro atoms. The second-order valence-electron chi connectivity index (χ2n) is 10.9. The molecule has 210 valence electrons. The van der Waals surface area contributed by atoms with Crippen molar-refractivity contribution in [2.75, 3.05) is 6.54 Å². The summed E-state index contributed by atoms with van der Waals surface area (Å²) in [4.78, 5) is 28.6. The lowest BCUT2D eigenvalue weighted by molar-refractivity contribution is -0.157. The zero-order valence-electron chi connectivity index (χ0n) is 24.2. The zero-order chi connectivity index (χ0) is 28.9. The van der Waals surface area contributed by atoms with Crippen molar-refractivity contribution in [3.63, 3.8) is 0 Å². The Kier molecular flexibility index (Phi) is 14.2. The first kappa shape index (κ1) is 33.7. The summed E-state index contributed by atoms with van der Waals surface area (Å²) in [6.07, 6.45) is 4.55. The summed E-state index contributed by atoms with van der Waals surface area (Å²) in [5.74, 6) is -0.0565. The van der Waals surface area contributed by atoms with E-state index in [-0.39, 0.29) is 23.3 Å². The van der Waals surface area contributed by atoms with Gasteiger partial charge in [-0.1, -0.05) is 108 Å². The van der Waals surface area contributed by atoms with Crippen LogP contribution in [0, 0.1) is 10.8 Å². The average Bonchev–Trinajstić information content (AvgIpc) is 2.88. The van der Waals surface area contributed by atoms with E-state index >= 15 is 0 Å². The summed E-state index contributed by atoms with van der Waals surface area (Å²) < 4.78 is 0. The van der Waals surface area contributed by atoms with Crippen molar-refractivity contribution in [3.8, 4) is 0 Å². The molecule has 4 nitrogen and oxygen atoms in total. The van der Waals surface area contributed by atoms with Crippen molar-refractivity contribution in [1.29, 1.82) is 0 Å². The van der Waals surface area contributed by atoms with Gasteiger partial charge in [-0.25, -0.2) is 0 Å². The Balaban J connectivity index is 0.000000682. The molecule has 0 radical (unpaired) electrons. The van der Waals surface area contributed by atoms with Gasteiger partial charge in [0.15, 0.2) is 0 Å². The van der Waals surface area contributed by atoms with E-state index in [9.17, 15) is 9.59 Å². The topological polar surface area (TPSA) is 49.4 Å². The molecule has 1 N–H and O–H groups in total. The number of benzene rings is 2. The van der Waals surface area contributed by atoms with Gasteiger partial charge in [0.05, 0.1) is 11.5 Å². The third-order valence-corrected chi connectivity index (χ3v) is 6.96. The number of amides is 2. The largest absolute Gasteiger partial charge is 0.354 e. The van der Waals surface area contributed by atoms with E-state index in [1.165, 1.54) is 0 Å². The molecule has 1 fully saturated rings. The molecule has 38 heavy (non-hydrogen) atoms. The van der Waals surface area contributed by atoms with E-state index in [1.54, 1.807) is 6.08 Å². The van der Waals surface area contributed by atoms with Gasteiger partial charge >= 0.3 is 0 Å². The quantitative estimate of drug-likeness (QED) is 0.343. The molecule has 2 aromatic rings. The summed E-state index contributed by atoms with van der Waals surface area (Å²) in [5, 5.41) is 4.51. The third-order valence-electron chi connectivity index (χ3n) is 6.46. The van der Waals surface area contributed by atoms with E-state index < -0.39 is 11.5 Å². The highest BCUT2D eigenvalue weighted by atomic mass is 35.5. The monoisotopic (exact) mass is 560 g/mol. The fourth-order valence-corrected chi connectivity index (χ4v) is 4.70. The highest BCUT2D eigenvalue weighted by molar-refractivity contribution is 6.30. The molecule has 2 amide bonds. The highest BCUT2D eigenvalue weighted by Crippen LogP contribution is 2.44. The summed E-state index contributed by atoms with van der Waals surface area (Å²) in [6.45, 7) is 18.6. The maximum absolute atomic E-state index is 13.7.